The third-order valence-corrected chi connectivity index (χ3v) is 8.55. The van der Waals surface area contributed by atoms with E-state index in [1.165, 1.54) is 23.2 Å². The maximum absolute atomic E-state index is 2.49. The maximum atomic E-state index is 2.49. The predicted octanol–water partition coefficient (Wildman–Crippen LogP) is 4.23. The minimum atomic E-state index is -1.86. The van der Waals surface area contributed by atoms with Gasteiger partial charge in [0.25, 0.3) is 0 Å². The van der Waals surface area contributed by atoms with E-state index in [4.69, 9.17) is 0 Å². The molecule has 0 spiro atoms. The molecule has 0 N–H and O–H groups in total. The molecule has 2 heteroatoms. The second-order valence-corrected chi connectivity index (χ2v) is 18.4. The fraction of sp³-hybridized carbons (Fsp3) is 0.450. The zero-order valence-electron chi connectivity index (χ0n) is 15.2. The summed E-state index contributed by atoms with van der Waals surface area (Å²) in [5.41, 5.74) is 5.60. The van der Waals surface area contributed by atoms with Gasteiger partial charge in [0.05, 0.1) is 0 Å². The van der Waals surface area contributed by atoms with Crippen LogP contribution in [-0.2, 0) is 13.5 Å². The molecule has 0 unspecified atom stereocenters. The summed E-state index contributed by atoms with van der Waals surface area (Å²) < 4.78 is 3.98. The molecule has 0 amide bonds. The van der Waals surface area contributed by atoms with Crippen LogP contribution in [0.5, 0.6) is 0 Å². The van der Waals surface area contributed by atoms with Crippen LogP contribution < -0.4 is 8.96 Å². The van der Waals surface area contributed by atoms with Crippen LogP contribution in [0.1, 0.15) is 25.0 Å². The van der Waals surface area contributed by atoms with E-state index >= 15 is 0 Å². The van der Waals surface area contributed by atoms with Crippen LogP contribution in [-0.4, -0.2) is 13.3 Å². The Balaban J connectivity index is 2.65. The first-order valence-electron chi connectivity index (χ1n) is 8.29. The molecule has 0 radical (unpaired) electrons. The van der Waals surface area contributed by atoms with Crippen molar-refractivity contribution in [3.63, 3.8) is 0 Å². The molecule has 1 aromatic carbocycles. The molecule has 118 valence electrons. The van der Waals surface area contributed by atoms with Crippen LogP contribution in [0.4, 0.5) is 0 Å². The molecule has 1 aromatic heterocycles. The van der Waals surface area contributed by atoms with Gasteiger partial charge in [0, 0.05) is 0 Å². The molecule has 2 rings (SSSR count). The first kappa shape index (κ1) is 17.3. The second kappa shape index (κ2) is 6.58. The quantitative estimate of drug-likeness (QED) is 0.570. The summed E-state index contributed by atoms with van der Waals surface area (Å²) in [5, 5.41) is 0. The number of aromatic nitrogens is 1. The van der Waals surface area contributed by atoms with Crippen molar-refractivity contribution in [1.29, 1.82) is 0 Å². The Kier molecular flexibility index (Phi) is 5.16. The van der Waals surface area contributed by atoms with E-state index in [1.54, 1.807) is 9.96 Å². The average molecular weight is 357 g/mol. The molecule has 0 aliphatic rings. The second-order valence-electron chi connectivity index (χ2n) is 7.87. The number of hydrogen-bond donors (Lipinski definition) is 0. The van der Waals surface area contributed by atoms with Crippen molar-refractivity contribution in [1.82, 2.24) is 0 Å². The normalized spacial score (nSPS) is 12.0. The predicted molar refractivity (Wildman–Crippen MR) is 99.3 cm³/mol. The number of pyridine rings is 1. The number of hydrogen-bond acceptors (Lipinski definition) is 0. The van der Waals surface area contributed by atoms with Crippen LogP contribution >= 0.6 is 0 Å². The fourth-order valence-electron chi connectivity index (χ4n) is 3.10. The Morgan fingerprint density at radius 3 is 2.27 bits per heavy atom. The standard InChI is InChI=1S/C20H30GeN/c1-15(2)12-17-13-20(18-11-9-8-10-16(18)3)22(7)14-19(17)21(4,5)6/h8-11,13-15H,12H2,1-7H3/q+1. The summed E-state index contributed by atoms with van der Waals surface area (Å²) in [7, 11) is 2.19. The van der Waals surface area contributed by atoms with Gasteiger partial charge in [-0.15, -0.1) is 0 Å². The van der Waals surface area contributed by atoms with E-state index in [0.29, 0.717) is 5.92 Å². The van der Waals surface area contributed by atoms with Crippen molar-refractivity contribution in [2.45, 2.75) is 44.5 Å². The van der Waals surface area contributed by atoms with Crippen molar-refractivity contribution in [2.75, 3.05) is 0 Å². The van der Waals surface area contributed by atoms with Gasteiger partial charge in [-0.25, -0.2) is 0 Å². The summed E-state index contributed by atoms with van der Waals surface area (Å²) in [6.07, 6.45) is 3.59. The van der Waals surface area contributed by atoms with Gasteiger partial charge >= 0.3 is 139 Å². The van der Waals surface area contributed by atoms with E-state index in [0.717, 1.165) is 0 Å². The summed E-state index contributed by atoms with van der Waals surface area (Å²) in [5.74, 6) is 8.17. The van der Waals surface area contributed by atoms with E-state index in [2.05, 4.69) is 86.2 Å². The topological polar surface area (TPSA) is 3.88 Å². The molecule has 1 heterocycles. The molecule has 22 heavy (non-hydrogen) atoms. The SMILES string of the molecule is Cc1ccccc1-c1cc(CC(C)C)[c]([Ge]([CH3])([CH3])[CH3])c[n+]1C. The van der Waals surface area contributed by atoms with Gasteiger partial charge in [0.2, 0.25) is 0 Å². The van der Waals surface area contributed by atoms with Gasteiger partial charge in [0.15, 0.2) is 0 Å². The number of rotatable bonds is 4. The molecule has 0 bridgehead atoms. The van der Waals surface area contributed by atoms with Crippen LogP contribution in [0.15, 0.2) is 36.5 Å². The molecule has 0 aliphatic carbocycles. The first-order valence-corrected chi connectivity index (χ1v) is 15.6. The van der Waals surface area contributed by atoms with E-state index in [1.807, 2.05) is 0 Å². The third kappa shape index (κ3) is 3.81. The van der Waals surface area contributed by atoms with Crippen LogP contribution in [0.3, 0.4) is 0 Å². The summed E-state index contributed by atoms with van der Waals surface area (Å²) >= 11 is -1.86. The molecule has 0 atom stereocenters. The number of nitrogens with zero attached hydrogens (tertiary/aromatic N) is 1. The average Bonchev–Trinajstić information content (AvgIpc) is 2.39. The Hall–Kier alpha value is -1.09. The van der Waals surface area contributed by atoms with Crippen molar-refractivity contribution in [2.24, 2.45) is 13.0 Å². The summed E-state index contributed by atoms with van der Waals surface area (Å²) in [6.45, 7) is 6.84. The van der Waals surface area contributed by atoms with Crippen molar-refractivity contribution >= 4 is 17.7 Å². The van der Waals surface area contributed by atoms with E-state index in [-0.39, 0.29) is 0 Å². The zero-order chi connectivity index (χ0) is 16.5. The van der Waals surface area contributed by atoms with E-state index < -0.39 is 13.3 Å². The van der Waals surface area contributed by atoms with Gasteiger partial charge < -0.3 is 0 Å². The first-order chi connectivity index (χ1) is 10.2. The monoisotopic (exact) mass is 358 g/mol. The fourth-order valence-corrected chi connectivity index (χ4v) is 6.71. The molecular weight excluding hydrogens is 327 g/mol. The number of aryl methyl sites for hydroxylation is 2. The third-order valence-electron chi connectivity index (χ3n) is 4.22. The van der Waals surface area contributed by atoms with Crippen molar-refractivity contribution in [3.8, 4) is 11.3 Å². The molecule has 0 saturated carbocycles. The van der Waals surface area contributed by atoms with Crippen molar-refractivity contribution in [3.05, 3.63) is 47.7 Å². The van der Waals surface area contributed by atoms with E-state index in [9.17, 15) is 0 Å². The van der Waals surface area contributed by atoms with Gasteiger partial charge in [-0.3, -0.25) is 0 Å². The molecule has 2 aromatic rings. The van der Waals surface area contributed by atoms with Gasteiger partial charge in [0.1, 0.15) is 0 Å². The molecule has 0 fully saturated rings. The van der Waals surface area contributed by atoms with Crippen LogP contribution in [0.25, 0.3) is 11.3 Å². The molecule has 0 aliphatic heterocycles. The molecular formula is C20H30GeN+. The van der Waals surface area contributed by atoms with Crippen molar-refractivity contribution < 1.29 is 4.57 Å². The van der Waals surface area contributed by atoms with Crippen LogP contribution in [0, 0.1) is 12.8 Å². The van der Waals surface area contributed by atoms with Gasteiger partial charge in [-0.2, -0.15) is 0 Å². The molecule has 0 saturated heterocycles. The summed E-state index contributed by atoms with van der Waals surface area (Å²) in [6, 6.07) is 11.1. The van der Waals surface area contributed by atoms with Crippen LogP contribution in [0.2, 0.25) is 17.3 Å². The number of benzene rings is 1. The Labute approximate surface area is 138 Å². The minimum absolute atomic E-state index is 0.695. The van der Waals surface area contributed by atoms with Gasteiger partial charge in [-0.05, 0) is 0 Å². The molecule has 1 nitrogen and oxygen atoms in total. The zero-order valence-corrected chi connectivity index (χ0v) is 17.3. The van der Waals surface area contributed by atoms with Gasteiger partial charge in [-0.1, -0.05) is 0 Å². The Morgan fingerprint density at radius 1 is 1.09 bits per heavy atom. The summed E-state index contributed by atoms with van der Waals surface area (Å²) in [4.78, 5) is 0. The Bertz CT molecular complexity index is 666. The Morgan fingerprint density at radius 2 is 1.73 bits per heavy atom.